The van der Waals surface area contributed by atoms with Crippen LogP contribution in [0.4, 0.5) is 10.7 Å². The van der Waals surface area contributed by atoms with Crippen LogP contribution in [0, 0.1) is 0 Å². The van der Waals surface area contributed by atoms with Gasteiger partial charge in [0.05, 0.1) is 11.2 Å². The molecule has 10 heteroatoms. The Bertz CT molecular complexity index is 760. The van der Waals surface area contributed by atoms with Crippen LogP contribution in [0.1, 0.15) is 62.3 Å². The van der Waals surface area contributed by atoms with Gasteiger partial charge in [-0.1, -0.05) is 0 Å². The van der Waals surface area contributed by atoms with E-state index < -0.39 is 36.1 Å². The Kier molecular flexibility index (Phi) is 6.83. The molecular weight excluding hydrogens is 387 g/mol. The molecule has 2 rings (SSSR count). The molecule has 0 bridgehead atoms. The zero-order valence-electron chi connectivity index (χ0n) is 19.4. The number of carbonyl (C=O) groups is 2. The lowest BCUT2D eigenvalue weighted by Gasteiger charge is -2.32. The summed E-state index contributed by atoms with van der Waals surface area (Å²) in [6.45, 7) is 16.9. The quantitative estimate of drug-likeness (QED) is 0.728. The van der Waals surface area contributed by atoms with E-state index in [9.17, 15) is 9.59 Å². The van der Waals surface area contributed by atoms with Crippen molar-refractivity contribution in [2.45, 2.75) is 85.2 Å². The second-order valence-electron chi connectivity index (χ2n) is 9.36. The zero-order chi connectivity index (χ0) is 22.9. The Morgan fingerprint density at radius 3 is 2.10 bits per heavy atom. The van der Waals surface area contributed by atoms with Gasteiger partial charge in [0.15, 0.2) is 0 Å². The minimum atomic E-state index is -0.800. The average Bonchev–Trinajstić information content (AvgIpc) is 2.82. The van der Waals surface area contributed by atoms with Crippen molar-refractivity contribution in [3.8, 4) is 0 Å². The molecule has 30 heavy (non-hydrogen) atoms. The highest BCUT2D eigenvalue weighted by Gasteiger charge is 2.52. The SMILES string of the molecule is CCN(C(=O)[C@@H](C)NC(=O)OC(C)(C)C)c1ncc(B2OC(C)(C)C(C)(C)O2)cn1. The van der Waals surface area contributed by atoms with Crippen molar-refractivity contribution in [2.24, 2.45) is 0 Å². The number of rotatable bonds is 5. The van der Waals surface area contributed by atoms with Crippen LogP contribution in [0.15, 0.2) is 12.4 Å². The van der Waals surface area contributed by atoms with E-state index in [1.165, 1.54) is 4.90 Å². The number of nitrogens with one attached hydrogen (secondary N) is 1. The van der Waals surface area contributed by atoms with E-state index in [1.54, 1.807) is 40.1 Å². The molecule has 1 fully saturated rings. The largest absolute Gasteiger partial charge is 0.498 e. The topological polar surface area (TPSA) is 103 Å². The highest BCUT2D eigenvalue weighted by molar-refractivity contribution is 6.61. The van der Waals surface area contributed by atoms with Gasteiger partial charge in [-0.2, -0.15) is 0 Å². The summed E-state index contributed by atoms with van der Waals surface area (Å²) in [6.07, 6.45) is 2.52. The first kappa shape index (κ1) is 24.1. The molecule has 166 valence electrons. The fourth-order valence-corrected chi connectivity index (χ4v) is 2.75. The molecule has 1 saturated heterocycles. The standard InChI is InChI=1S/C20H33BN4O5/c1-10-25(15(26)13(2)24-17(27)28-18(3,4)5)16-22-11-14(12-23-16)21-29-19(6,7)20(8,9)30-21/h11-13H,10H2,1-9H3,(H,24,27)/t13-/m1/s1. The minimum Gasteiger partial charge on any atom is -0.444 e. The van der Waals surface area contributed by atoms with Crippen molar-refractivity contribution in [3.63, 3.8) is 0 Å². The number of likely N-dealkylation sites (N-methyl/N-ethyl adjacent to an activating group) is 1. The van der Waals surface area contributed by atoms with Crippen molar-refractivity contribution in [1.29, 1.82) is 0 Å². The third-order valence-corrected chi connectivity index (χ3v) is 5.11. The number of nitrogens with zero attached hydrogens (tertiary/aromatic N) is 3. The molecule has 1 aromatic rings. The Morgan fingerprint density at radius 2 is 1.67 bits per heavy atom. The fourth-order valence-electron chi connectivity index (χ4n) is 2.75. The molecule has 2 heterocycles. The fraction of sp³-hybridized carbons (Fsp3) is 0.700. The normalized spacial score (nSPS) is 18.6. The van der Waals surface area contributed by atoms with Gasteiger partial charge in [-0.3, -0.25) is 9.69 Å². The third kappa shape index (κ3) is 5.48. The van der Waals surface area contributed by atoms with E-state index in [1.807, 2.05) is 34.6 Å². The molecule has 1 aliphatic heterocycles. The number of aromatic nitrogens is 2. The van der Waals surface area contributed by atoms with E-state index in [0.29, 0.717) is 12.0 Å². The van der Waals surface area contributed by atoms with Crippen LogP contribution >= 0.6 is 0 Å². The van der Waals surface area contributed by atoms with Crippen LogP contribution in [0.3, 0.4) is 0 Å². The van der Waals surface area contributed by atoms with E-state index in [-0.39, 0.29) is 11.9 Å². The smallest absolute Gasteiger partial charge is 0.444 e. The summed E-state index contributed by atoms with van der Waals surface area (Å²) < 4.78 is 17.2. The summed E-state index contributed by atoms with van der Waals surface area (Å²) in [7, 11) is -0.581. The lowest BCUT2D eigenvalue weighted by molar-refractivity contribution is -0.120. The number of hydrogen-bond acceptors (Lipinski definition) is 7. The predicted molar refractivity (Wildman–Crippen MR) is 115 cm³/mol. The molecule has 1 N–H and O–H groups in total. The molecule has 0 unspecified atom stereocenters. The van der Waals surface area contributed by atoms with E-state index in [2.05, 4.69) is 15.3 Å². The molecule has 1 atom stereocenters. The van der Waals surface area contributed by atoms with Crippen LogP contribution in [0.25, 0.3) is 0 Å². The maximum absolute atomic E-state index is 12.8. The van der Waals surface area contributed by atoms with Crippen LogP contribution in [-0.2, 0) is 18.8 Å². The molecule has 9 nitrogen and oxygen atoms in total. The highest BCUT2D eigenvalue weighted by atomic mass is 16.7. The molecule has 0 aromatic carbocycles. The average molecular weight is 420 g/mol. The lowest BCUT2D eigenvalue weighted by Crippen LogP contribution is -2.49. The molecule has 0 spiro atoms. The summed E-state index contributed by atoms with van der Waals surface area (Å²) in [4.78, 5) is 34.8. The molecule has 0 aliphatic carbocycles. The van der Waals surface area contributed by atoms with Gasteiger partial charge in [0.2, 0.25) is 5.95 Å². The van der Waals surface area contributed by atoms with Gasteiger partial charge in [-0.05, 0) is 62.3 Å². The molecule has 0 radical (unpaired) electrons. The number of carbonyl (C=O) groups excluding carboxylic acids is 2. The van der Waals surface area contributed by atoms with Crippen LogP contribution in [-0.4, -0.2) is 58.5 Å². The van der Waals surface area contributed by atoms with Gasteiger partial charge < -0.3 is 19.4 Å². The van der Waals surface area contributed by atoms with Crippen LogP contribution < -0.4 is 15.7 Å². The summed E-state index contributed by atoms with van der Waals surface area (Å²) in [5, 5.41) is 2.55. The molecule has 0 saturated carbocycles. The van der Waals surface area contributed by atoms with Crippen molar-refractivity contribution >= 4 is 30.5 Å². The first-order chi connectivity index (χ1) is 13.7. The van der Waals surface area contributed by atoms with Gasteiger partial charge in [-0.25, -0.2) is 14.8 Å². The van der Waals surface area contributed by atoms with Crippen molar-refractivity contribution in [3.05, 3.63) is 12.4 Å². The monoisotopic (exact) mass is 420 g/mol. The molecular formula is C20H33BN4O5. The lowest BCUT2D eigenvalue weighted by atomic mass is 9.81. The van der Waals surface area contributed by atoms with Gasteiger partial charge >= 0.3 is 13.2 Å². The van der Waals surface area contributed by atoms with Crippen molar-refractivity contribution in [1.82, 2.24) is 15.3 Å². The first-order valence-corrected chi connectivity index (χ1v) is 10.2. The molecule has 1 aliphatic rings. The third-order valence-electron chi connectivity index (χ3n) is 5.11. The Hall–Kier alpha value is -2.20. The molecule has 1 aromatic heterocycles. The van der Waals surface area contributed by atoms with E-state index in [4.69, 9.17) is 14.0 Å². The number of ether oxygens (including phenoxy) is 1. The second kappa shape index (κ2) is 8.51. The van der Waals surface area contributed by atoms with E-state index in [0.717, 1.165) is 0 Å². The number of hydrogen-bond donors (Lipinski definition) is 1. The van der Waals surface area contributed by atoms with E-state index >= 15 is 0 Å². The minimum absolute atomic E-state index is 0.237. The first-order valence-electron chi connectivity index (χ1n) is 10.2. The second-order valence-corrected chi connectivity index (χ2v) is 9.36. The summed E-state index contributed by atoms with van der Waals surface area (Å²) in [5.74, 6) is -0.104. The van der Waals surface area contributed by atoms with Crippen LogP contribution in [0.5, 0.6) is 0 Å². The van der Waals surface area contributed by atoms with Crippen molar-refractivity contribution in [2.75, 3.05) is 11.4 Å². The summed E-state index contributed by atoms with van der Waals surface area (Å²) >= 11 is 0. The van der Waals surface area contributed by atoms with Gasteiger partial charge in [0.25, 0.3) is 5.91 Å². The zero-order valence-corrected chi connectivity index (χ0v) is 19.4. The summed E-state index contributed by atoms with van der Waals surface area (Å²) in [6, 6.07) is -0.800. The maximum Gasteiger partial charge on any atom is 0.498 e. The number of anilines is 1. The maximum atomic E-state index is 12.8. The number of alkyl carbamates (subject to hydrolysis) is 1. The Labute approximate surface area is 179 Å². The van der Waals surface area contributed by atoms with Crippen LogP contribution in [0.2, 0.25) is 0 Å². The summed E-state index contributed by atoms with van der Waals surface area (Å²) in [5.41, 5.74) is -0.917. The predicted octanol–water partition coefficient (Wildman–Crippen LogP) is 2.04. The van der Waals surface area contributed by atoms with Gasteiger partial charge in [0, 0.05) is 24.4 Å². The van der Waals surface area contributed by atoms with Gasteiger partial charge in [-0.15, -0.1) is 0 Å². The van der Waals surface area contributed by atoms with Crippen molar-refractivity contribution < 1.29 is 23.6 Å². The molecule has 2 amide bonds. The Balaban J connectivity index is 2.08. The van der Waals surface area contributed by atoms with Gasteiger partial charge in [0.1, 0.15) is 11.6 Å². The highest BCUT2D eigenvalue weighted by Crippen LogP contribution is 2.36. The number of amides is 2. The Morgan fingerprint density at radius 1 is 1.17 bits per heavy atom.